The van der Waals surface area contributed by atoms with Gasteiger partial charge in [-0.2, -0.15) is 0 Å². The average Bonchev–Trinajstić information content (AvgIpc) is 3.31. The minimum atomic E-state index is -3.79. The molecule has 0 unspecified atom stereocenters. The number of halogens is 1. The molecule has 6 nitrogen and oxygen atoms in total. The van der Waals surface area contributed by atoms with Gasteiger partial charge in [0.15, 0.2) is 5.78 Å². The maximum Gasteiger partial charge on any atom is 0.453 e. The van der Waals surface area contributed by atoms with Crippen LogP contribution >= 0.6 is 20.0 Å². The molecule has 0 spiro atoms. The molecule has 3 aromatic rings. The summed E-state index contributed by atoms with van der Waals surface area (Å²) in [5.74, 6) is -0.0959. The van der Waals surface area contributed by atoms with Crippen molar-refractivity contribution in [1.82, 2.24) is 4.90 Å². The molecule has 174 valence electrons. The summed E-state index contributed by atoms with van der Waals surface area (Å²) in [7, 11) is -3.79. The minimum absolute atomic E-state index is 0. The van der Waals surface area contributed by atoms with E-state index in [1.807, 2.05) is 42.5 Å². The van der Waals surface area contributed by atoms with E-state index in [0.29, 0.717) is 37.3 Å². The molecule has 2 atom stereocenters. The molecule has 2 N–H and O–H groups in total. The molecule has 1 fully saturated rings. The van der Waals surface area contributed by atoms with Crippen LogP contribution in [0.1, 0.15) is 18.4 Å². The van der Waals surface area contributed by atoms with Crippen molar-refractivity contribution in [3.63, 3.8) is 0 Å². The van der Waals surface area contributed by atoms with Gasteiger partial charge in [-0.1, -0.05) is 66.7 Å². The lowest BCUT2D eigenvalue weighted by Crippen LogP contribution is -2.47. The van der Waals surface area contributed by atoms with Crippen molar-refractivity contribution in [1.29, 1.82) is 0 Å². The first-order valence-electron chi connectivity index (χ1n) is 10.7. The number of hydrogen-bond acceptors (Lipinski definition) is 5. The third-order valence-electron chi connectivity index (χ3n) is 5.44. The molecule has 33 heavy (non-hydrogen) atoms. The van der Waals surface area contributed by atoms with E-state index in [4.69, 9.17) is 14.8 Å². The molecule has 1 saturated heterocycles. The fraction of sp³-hybridized carbons (Fsp3) is 0.240. The van der Waals surface area contributed by atoms with Gasteiger partial charge in [0, 0.05) is 6.54 Å². The predicted molar refractivity (Wildman–Crippen MR) is 132 cm³/mol. The third kappa shape index (κ3) is 6.17. The van der Waals surface area contributed by atoms with Gasteiger partial charge in [0.1, 0.15) is 11.5 Å². The molecule has 1 aliphatic heterocycles. The van der Waals surface area contributed by atoms with Crippen LogP contribution in [-0.4, -0.2) is 29.2 Å². The molecule has 1 aliphatic rings. The topological polar surface area (TPSA) is 81.9 Å². The number of nitrogens with zero attached hydrogens (tertiary/aromatic N) is 1. The highest BCUT2D eigenvalue weighted by Gasteiger charge is 2.48. The zero-order valence-corrected chi connectivity index (χ0v) is 19.9. The van der Waals surface area contributed by atoms with Gasteiger partial charge >= 0.3 is 7.60 Å². The monoisotopic (exact) mass is 486 g/mol. The fourth-order valence-electron chi connectivity index (χ4n) is 3.90. The van der Waals surface area contributed by atoms with E-state index in [-0.39, 0.29) is 18.3 Å². The highest BCUT2D eigenvalue weighted by atomic mass is 35.5. The number of likely N-dealkylation sites (tertiary alicyclic amines) is 1. The first-order chi connectivity index (χ1) is 15.5. The molecule has 0 aromatic heterocycles. The van der Waals surface area contributed by atoms with Crippen LogP contribution in [0.2, 0.25) is 0 Å². The van der Waals surface area contributed by atoms with E-state index < -0.39 is 19.4 Å². The van der Waals surface area contributed by atoms with Gasteiger partial charge in [0.2, 0.25) is 5.91 Å². The summed E-state index contributed by atoms with van der Waals surface area (Å²) < 4.78 is 26.1. The van der Waals surface area contributed by atoms with Gasteiger partial charge in [0.25, 0.3) is 0 Å². The normalized spacial score (nSPS) is 16.5. The molecular weight excluding hydrogens is 459 g/mol. The summed E-state index contributed by atoms with van der Waals surface area (Å²) in [6.45, 7) is 0.465. The third-order valence-corrected chi connectivity index (χ3v) is 7.63. The molecule has 3 aromatic carbocycles. The molecular formula is C25H28ClN2O4P. The zero-order chi connectivity index (χ0) is 22.4. The van der Waals surface area contributed by atoms with Crippen LogP contribution in [0, 0.1) is 0 Å². The second-order valence-electron chi connectivity index (χ2n) is 7.80. The number of amides is 1. The summed E-state index contributed by atoms with van der Waals surface area (Å²) in [4.78, 5) is 14.9. The van der Waals surface area contributed by atoms with Gasteiger partial charge < -0.3 is 19.7 Å². The summed E-state index contributed by atoms with van der Waals surface area (Å²) >= 11 is 0. The first-order valence-corrected chi connectivity index (χ1v) is 12.4. The first kappa shape index (κ1) is 24.8. The Morgan fingerprint density at radius 1 is 0.909 bits per heavy atom. The number of rotatable bonds is 8. The number of benzene rings is 3. The van der Waals surface area contributed by atoms with Gasteiger partial charge in [-0.15, -0.1) is 12.4 Å². The minimum Gasteiger partial charge on any atom is -0.415 e. The molecule has 1 heterocycles. The average molecular weight is 487 g/mol. The molecule has 4 rings (SSSR count). The van der Waals surface area contributed by atoms with Gasteiger partial charge in [-0.25, -0.2) is 4.57 Å². The number of carbonyl (C=O) groups excluding carboxylic acids is 1. The lowest BCUT2D eigenvalue weighted by Gasteiger charge is -2.32. The van der Waals surface area contributed by atoms with Crippen LogP contribution in [0.3, 0.4) is 0 Å². The molecule has 0 radical (unpaired) electrons. The van der Waals surface area contributed by atoms with Gasteiger partial charge in [-0.05, 0) is 49.1 Å². The summed E-state index contributed by atoms with van der Waals surface area (Å²) in [5.41, 5.74) is 7.26. The Morgan fingerprint density at radius 3 is 1.91 bits per heavy atom. The maximum atomic E-state index is 14.2. The summed E-state index contributed by atoms with van der Waals surface area (Å²) in [6.07, 6.45) is 1.63. The number of carbonyl (C=O) groups is 1. The van der Waals surface area contributed by atoms with E-state index in [2.05, 4.69) is 0 Å². The smallest absolute Gasteiger partial charge is 0.415 e. The summed E-state index contributed by atoms with van der Waals surface area (Å²) in [6, 6.07) is 26.7. The Bertz CT molecular complexity index is 1020. The Kier molecular flexibility index (Phi) is 8.56. The Labute approximate surface area is 200 Å². The van der Waals surface area contributed by atoms with E-state index in [0.717, 1.165) is 5.56 Å². The lowest BCUT2D eigenvalue weighted by atomic mass is 10.1. The second-order valence-corrected chi connectivity index (χ2v) is 9.84. The van der Waals surface area contributed by atoms with E-state index in [1.165, 1.54) is 0 Å². The highest BCUT2D eigenvalue weighted by Crippen LogP contribution is 2.57. The fourth-order valence-corrected chi connectivity index (χ4v) is 6.08. The van der Waals surface area contributed by atoms with Crippen LogP contribution in [0.15, 0.2) is 91.0 Å². The SMILES string of the molecule is Cl.N[C@@H](Cc1ccccc1)C(=O)N1CCC[C@H]1P(=O)(Oc1ccccc1)Oc1ccccc1. The predicted octanol–water partition coefficient (Wildman–Crippen LogP) is 5.28. The molecule has 0 bridgehead atoms. The molecule has 0 saturated carbocycles. The number of para-hydroxylation sites is 2. The van der Waals surface area contributed by atoms with Gasteiger partial charge in [-0.3, -0.25) is 4.79 Å². The van der Waals surface area contributed by atoms with Gasteiger partial charge in [0.05, 0.1) is 6.04 Å². The van der Waals surface area contributed by atoms with Crippen molar-refractivity contribution in [3.05, 3.63) is 96.6 Å². The van der Waals surface area contributed by atoms with Crippen LogP contribution in [-0.2, 0) is 15.8 Å². The molecule has 8 heteroatoms. The van der Waals surface area contributed by atoms with Crippen molar-refractivity contribution in [2.45, 2.75) is 31.1 Å². The zero-order valence-electron chi connectivity index (χ0n) is 18.2. The van der Waals surface area contributed by atoms with Crippen molar-refractivity contribution in [2.24, 2.45) is 5.73 Å². The standard InChI is InChI=1S/C25H27N2O4P.ClH/c26-23(19-20-11-4-1-5-12-20)25(28)27-18-10-17-24(27)32(29,30-21-13-6-2-7-14-21)31-22-15-8-3-9-16-22;/h1-9,11-16,23-24H,10,17-19,26H2;1H/t23-,24+;/m0./s1. The second kappa shape index (κ2) is 11.4. The van der Waals surface area contributed by atoms with E-state index >= 15 is 0 Å². The largest absolute Gasteiger partial charge is 0.453 e. The summed E-state index contributed by atoms with van der Waals surface area (Å²) in [5, 5.41) is 0. The van der Waals surface area contributed by atoms with Crippen molar-refractivity contribution < 1.29 is 18.4 Å². The number of hydrogen-bond donors (Lipinski definition) is 1. The lowest BCUT2D eigenvalue weighted by molar-refractivity contribution is -0.132. The highest BCUT2D eigenvalue weighted by molar-refractivity contribution is 7.55. The van der Waals surface area contributed by atoms with Crippen LogP contribution in [0.5, 0.6) is 11.5 Å². The number of nitrogens with two attached hydrogens (primary N) is 1. The Balaban J connectivity index is 0.00000306. The quantitative estimate of drug-likeness (QED) is 0.438. The van der Waals surface area contributed by atoms with Crippen LogP contribution < -0.4 is 14.8 Å². The van der Waals surface area contributed by atoms with Crippen LogP contribution in [0.4, 0.5) is 0 Å². The van der Waals surface area contributed by atoms with Crippen molar-refractivity contribution >= 4 is 25.9 Å². The molecule has 1 amide bonds. The van der Waals surface area contributed by atoms with Crippen LogP contribution in [0.25, 0.3) is 0 Å². The Morgan fingerprint density at radius 2 is 1.39 bits per heavy atom. The van der Waals surface area contributed by atoms with E-state index in [9.17, 15) is 9.36 Å². The van der Waals surface area contributed by atoms with E-state index in [1.54, 1.807) is 53.4 Å². The molecule has 0 aliphatic carbocycles. The Hall–Kier alpha value is -2.79. The van der Waals surface area contributed by atoms with Crippen molar-refractivity contribution in [3.8, 4) is 11.5 Å². The van der Waals surface area contributed by atoms with Crippen molar-refractivity contribution in [2.75, 3.05) is 6.54 Å². The maximum absolute atomic E-state index is 14.2.